The molecule has 0 saturated heterocycles. The number of hydrogen-bond donors (Lipinski definition) is 2. The number of sulfonamides is 1. The number of hydrogen-bond acceptors (Lipinski definition) is 4. The number of benzene rings is 2. The average Bonchev–Trinajstić information content (AvgIpc) is 2.58. The van der Waals surface area contributed by atoms with E-state index in [1.165, 1.54) is 30.3 Å². The van der Waals surface area contributed by atoms with Crippen molar-refractivity contribution < 1.29 is 17.6 Å². The molecule has 6 nitrogen and oxygen atoms in total. The first-order chi connectivity index (χ1) is 13.4. The van der Waals surface area contributed by atoms with Gasteiger partial charge in [-0.15, -0.1) is 0 Å². The maximum absolute atomic E-state index is 13.5. The molecule has 29 heavy (non-hydrogen) atoms. The van der Waals surface area contributed by atoms with Gasteiger partial charge in [0, 0.05) is 28.4 Å². The van der Waals surface area contributed by atoms with Gasteiger partial charge >= 0.3 is 0 Å². The molecule has 3 aromatic rings. The van der Waals surface area contributed by atoms with Gasteiger partial charge in [0.1, 0.15) is 5.82 Å². The van der Waals surface area contributed by atoms with Crippen molar-refractivity contribution in [1.82, 2.24) is 9.71 Å². The second-order valence-electron chi connectivity index (χ2n) is 7.81. The fourth-order valence-corrected chi connectivity index (χ4v) is 4.39. The molecule has 1 aromatic heterocycles. The summed E-state index contributed by atoms with van der Waals surface area (Å²) in [5.41, 5.74) is 0.964. The number of aryl methyl sites for hydroxylation is 1. The maximum atomic E-state index is 13.5. The van der Waals surface area contributed by atoms with Gasteiger partial charge in [-0.25, -0.2) is 17.5 Å². The van der Waals surface area contributed by atoms with Crippen molar-refractivity contribution in [2.45, 2.75) is 38.1 Å². The lowest BCUT2D eigenvalue weighted by atomic mass is 10.1. The van der Waals surface area contributed by atoms with Gasteiger partial charge in [-0.3, -0.25) is 9.78 Å². The molecule has 8 heteroatoms. The first-order valence-corrected chi connectivity index (χ1v) is 10.5. The van der Waals surface area contributed by atoms with Crippen LogP contribution in [0, 0.1) is 12.7 Å². The molecule has 2 aromatic carbocycles. The highest BCUT2D eigenvalue weighted by Gasteiger charge is 2.22. The van der Waals surface area contributed by atoms with Gasteiger partial charge in [-0.2, -0.15) is 0 Å². The minimum absolute atomic E-state index is 0.0445. The Morgan fingerprint density at radius 1 is 1.07 bits per heavy atom. The summed E-state index contributed by atoms with van der Waals surface area (Å²) in [6, 6.07) is 11.6. The first-order valence-electron chi connectivity index (χ1n) is 8.97. The van der Waals surface area contributed by atoms with Crippen molar-refractivity contribution in [3.8, 4) is 0 Å². The summed E-state index contributed by atoms with van der Waals surface area (Å²) in [5, 5.41) is 3.22. The van der Waals surface area contributed by atoms with Crippen LogP contribution in [-0.2, 0) is 10.0 Å². The van der Waals surface area contributed by atoms with E-state index in [1.807, 2.05) is 0 Å². The van der Waals surface area contributed by atoms with Crippen LogP contribution in [0.15, 0.2) is 53.4 Å². The van der Waals surface area contributed by atoms with Crippen LogP contribution in [-0.4, -0.2) is 24.8 Å². The minimum atomic E-state index is -3.74. The monoisotopic (exact) mass is 415 g/mol. The van der Waals surface area contributed by atoms with Crippen molar-refractivity contribution in [3.63, 3.8) is 0 Å². The van der Waals surface area contributed by atoms with Gasteiger partial charge in [0.15, 0.2) is 0 Å². The third-order valence-corrected chi connectivity index (χ3v) is 5.74. The molecule has 2 N–H and O–H groups in total. The maximum Gasteiger partial charge on any atom is 0.256 e. The number of halogens is 1. The van der Waals surface area contributed by atoms with Crippen LogP contribution >= 0.6 is 0 Å². The molecule has 0 unspecified atom stereocenters. The summed E-state index contributed by atoms with van der Waals surface area (Å²) in [6.07, 6.45) is 0. The highest BCUT2D eigenvalue weighted by atomic mass is 32.2. The van der Waals surface area contributed by atoms with E-state index in [4.69, 9.17) is 0 Å². The number of carbonyl (C=O) groups is 1. The van der Waals surface area contributed by atoms with Crippen LogP contribution < -0.4 is 10.0 Å². The van der Waals surface area contributed by atoms with E-state index < -0.39 is 27.3 Å². The largest absolute Gasteiger partial charge is 0.322 e. The van der Waals surface area contributed by atoms with E-state index >= 15 is 0 Å². The van der Waals surface area contributed by atoms with Crippen LogP contribution in [0.3, 0.4) is 0 Å². The molecule has 0 atom stereocenters. The van der Waals surface area contributed by atoms with E-state index in [2.05, 4.69) is 15.0 Å². The molecule has 0 aliphatic rings. The predicted molar refractivity (Wildman–Crippen MR) is 111 cm³/mol. The number of carbonyl (C=O) groups excluding carboxylic acids is 1. The second kappa shape index (κ2) is 7.53. The number of fused-ring (bicyclic) bond motifs is 1. The number of aromatic nitrogens is 1. The van der Waals surface area contributed by atoms with Crippen LogP contribution in [0.4, 0.5) is 10.1 Å². The van der Waals surface area contributed by atoms with Gasteiger partial charge in [0.25, 0.3) is 5.91 Å². The number of nitrogens with one attached hydrogen (secondary N) is 2. The minimum Gasteiger partial charge on any atom is -0.322 e. The normalized spacial score (nSPS) is 12.2. The second-order valence-corrected chi connectivity index (χ2v) is 9.49. The molecule has 0 bridgehead atoms. The van der Waals surface area contributed by atoms with E-state index in [9.17, 15) is 17.6 Å². The Bertz CT molecular complexity index is 1200. The lowest BCUT2D eigenvalue weighted by molar-refractivity contribution is 0.102. The highest BCUT2D eigenvalue weighted by Crippen LogP contribution is 2.22. The molecule has 0 aliphatic carbocycles. The van der Waals surface area contributed by atoms with E-state index in [0.29, 0.717) is 27.8 Å². The standard InChI is InChI=1S/C21H22FN3O3S/c1-13-10-18(17-9-8-14(22)11-19(17)23-13)20(26)24-15-6-5-7-16(12-15)29(27,28)25-21(2,3)4/h5-12,25H,1-4H3,(H,24,26). The molecule has 0 saturated carbocycles. The molecule has 1 heterocycles. The Labute approximate surface area is 169 Å². The summed E-state index contributed by atoms with van der Waals surface area (Å²) in [6.45, 7) is 6.95. The zero-order valence-corrected chi connectivity index (χ0v) is 17.4. The third kappa shape index (κ3) is 4.96. The van der Waals surface area contributed by atoms with Crippen molar-refractivity contribution in [3.05, 3.63) is 65.6 Å². The molecular formula is C21H22FN3O3S. The zero-order chi connectivity index (χ0) is 21.4. The summed E-state index contributed by atoms with van der Waals surface area (Å²) in [4.78, 5) is 17.2. The topological polar surface area (TPSA) is 88.2 Å². The first kappa shape index (κ1) is 20.9. The molecule has 0 aliphatic heterocycles. The Kier molecular flexibility index (Phi) is 5.42. The van der Waals surface area contributed by atoms with Gasteiger partial charge in [0.2, 0.25) is 10.0 Å². The zero-order valence-electron chi connectivity index (χ0n) is 16.6. The number of amides is 1. The van der Waals surface area contributed by atoms with Gasteiger partial charge in [-0.05, 0) is 64.1 Å². The van der Waals surface area contributed by atoms with Crippen LogP contribution in [0.2, 0.25) is 0 Å². The molecule has 0 fully saturated rings. The average molecular weight is 415 g/mol. The van der Waals surface area contributed by atoms with E-state index in [-0.39, 0.29) is 4.90 Å². The number of nitrogens with zero attached hydrogens (tertiary/aromatic N) is 1. The molecule has 0 spiro atoms. The molecule has 152 valence electrons. The predicted octanol–water partition coefficient (Wildman–Crippen LogP) is 4.01. The fraction of sp³-hybridized carbons (Fsp3) is 0.238. The smallest absolute Gasteiger partial charge is 0.256 e. The van der Waals surface area contributed by atoms with E-state index in [0.717, 1.165) is 0 Å². The fourth-order valence-electron chi connectivity index (χ4n) is 2.92. The summed E-state index contributed by atoms with van der Waals surface area (Å²) in [5.74, 6) is -0.878. The molecule has 3 rings (SSSR count). The Morgan fingerprint density at radius 2 is 1.79 bits per heavy atom. The van der Waals surface area contributed by atoms with Crippen molar-refractivity contribution in [2.24, 2.45) is 0 Å². The highest BCUT2D eigenvalue weighted by molar-refractivity contribution is 7.89. The Hall–Kier alpha value is -2.84. The summed E-state index contributed by atoms with van der Waals surface area (Å²) < 4.78 is 41.2. The molecule has 0 radical (unpaired) electrons. The van der Waals surface area contributed by atoms with Gasteiger partial charge in [-0.1, -0.05) is 6.07 Å². The summed E-state index contributed by atoms with van der Waals surface area (Å²) >= 11 is 0. The lowest BCUT2D eigenvalue weighted by Gasteiger charge is -2.20. The number of pyridine rings is 1. The molecule has 1 amide bonds. The van der Waals surface area contributed by atoms with Crippen LogP contribution in [0.1, 0.15) is 36.8 Å². The van der Waals surface area contributed by atoms with Gasteiger partial charge < -0.3 is 5.32 Å². The SMILES string of the molecule is Cc1cc(C(=O)Nc2cccc(S(=O)(=O)NC(C)(C)C)c2)c2ccc(F)cc2n1. The van der Waals surface area contributed by atoms with Crippen molar-refractivity contribution in [2.75, 3.05) is 5.32 Å². The van der Waals surface area contributed by atoms with Crippen LogP contribution in [0.25, 0.3) is 10.9 Å². The third-order valence-electron chi connectivity index (χ3n) is 3.99. The quantitative estimate of drug-likeness (QED) is 0.674. The van der Waals surface area contributed by atoms with Crippen molar-refractivity contribution in [1.29, 1.82) is 0 Å². The number of rotatable bonds is 4. The van der Waals surface area contributed by atoms with E-state index in [1.54, 1.807) is 45.9 Å². The number of anilines is 1. The van der Waals surface area contributed by atoms with Crippen LogP contribution in [0.5, 0.6) is 0 Å². The van der Waals surface area contributed by atoms with Crippen molar-refractivity contribution >= 4 is 32.5 Å². The van der Waals surface area contributed by atoms with Gasteiger partial charge in [0.05, 0.1) is 16.0 Å². The molecular weight excluding hydrogens is 393 g/mol. The summed E-state index contributed by atoms with van der Waals surface area (Å²) in [7, 11) is -3.74. The Balaban J connectivity index is 1.94. The Morgan fingerprint density at radius 3 is 2.48 bits per heavy atom. The lowest BCUT2D eigenvalue weighted by Crippen LogP contribution is -2.40.